The predicted octanol–water partition coefficient (Wildman–Crippen LogP) is 1.39. The first-order chi connectivity index (χ1) is 6.35. The molecule has 0 radical (unpaired) electrons. The minimum atomic E-state index is -0.103. The van der Waals surface area contributed by atoms with E-state index in [-0.39, 0.29) is 5.41 Å². The summed E-state index contributed by atoms with van der Waals surface area (Å²) in [6, 6.07) is 1.88. The Kier molecular flexibility index (Phi) is 2.08. The molecule has 0 N–H and O–H groups in total. The second-order valence-electron chi connectivity index (χ2n) is 3.71. The van der Waals surface area contributed by atoms with Crippen molar-refractivity contribution in [2.45, 2.75) is 25.7 Å². The first kappa shape index (κ1) is 8.35. The van der Waals surface area contributed by atoms with Gasteiger partial charge in [0.1, 0.15) is 12.6 Å². The van der Waals surface area contributed by atoms with Crippen LogP contribution < -0.4 is 0 Å². The van der Waals surface area contributed by atoms with Crippen LogP contribution in [0.2, 0.25) is 0 Å². The number of carbonyl (C=O) groups excluding carboxylic acids is 1. The lowest BCUT2D eigenvalue weighted by atomic mass is 9.67. The van der Waals surface area contributed by atoms with Crippen LogP contribution in [0, 0.1) is 5.41 Å². The Hall–Kier alpha value is -1.25. The van der Waals surface area contributed by atoms with E-state index < -0.39 is 0 Å². The molecule has 3 nitrogen and oxygen atoms in total. The van der Waals surface area contributed by atoms with Gasteiger partial charge in [-0.1, -0.05) is 6.42 Å². The van der Waals surface area contributed by atoms with Crippen LogP contribution in [-0.4, -0.2) is 16.3 Å². The number of hydrogen-bond donors (Lipinski definition) is 0. The van der Waals surface area contributed by atoms with E-state index in [1.165, 1.54) is 12.7 Å². The second-order valence-corrected chi connectivity index (χ2v) is 3.71. The summed E-state index contributed by atoms with van der Waals surface area (Å²) in [6.07, 6.45) is 8.33. The summed E-state index contributed by atoms with van der Waals surface area (Å²) in [7, 11) is 0. The molecule has 0 atom stereocenters. The fourth-order valence-corrected chi connectivity index (χ4v) is 1.75. The van der Waals surface area contributed by atoms with Crippen molar-refractivity contribution in [1.29, 1.82) is 0 Å². The molecule has 1 fully saturated rings. The van der Waals surface area contributed by atoms with Gasteiger partial charge in [0.05, 0.1) is 0 Å². The van der Waals surface area contributed by atoms with E-state index in [4.69, 9.17) is 0 Å². The Balaban J connectivity index is 2.09. The zero-order valence-electron chi connectivity index (χ0n) is 7.44. The van der Waals surface area contributed by atoms with Gasteiger partial charge in [0, 0.05) is 23.7 Å². The smallest absolute Gasteiger partial charge is 0.126 e. The van der Waals surface area contributed by atoms with E-state index in [2.05, 4.69) is 9.97 Å². The molecule has 0 bridgehead atoms. The Morgan fingerprint density at radius 2 is 2.38 bits per heavy atom. The molecule has 3 heteroatoms. The number of rotatable bonds is 3. The van der Waals surface area contributed by atoms with Crippen LogP contribution in [-0.2, 0) is 11.2 Å². The number of nitrogens with zero attached hydrogens (tertiary/aromatic N) is 2. The molecule has 1 aliphatic rings. The minimum absolute atomic E-state index is 0.103. The van der Waals surface area contributed by atoms with Gasteiger partial charge in [0.25, 0.3) is 0 Å². The van der Waals surface area contributed by atoms with Gasteiger partial charge in [-0.2, -0.15) is 0 Å². The van der Waals surface area contributed by atoms with Gasteiger partial charge in [0.15, 0.2) is 0 Å². The third kappa shape index (κ3) is 1.59. The van der Waals surface area contributed by atoms with Crippen molar-refractivity contribution >= 4 is 6.29 Å². The average Bonchev–Trinajstić information content (AvgIpc) is 2.13. The molecule has 0 aromatic carbocycles. The topological polar surface area (TPSA) is 42.9 Å². The van der Waals surface area contributed by atoms with E-state index in [1.807, 2.05) is 6.07 Å². The normalized spacial score (nSPS) is 19.1. The van der Waals surface area contributed by atoms with Crippen LogP contribution in [0.1, 0.15) is 25.0 Å². The van der Waals surface area contributed by atoms with Gasteiger partial charge < -0.3 is 4.79 Å². The molecule has 0 saturated heterocycles. The predicted molar refractivity (Wildman–Crippen MR) is 48.1 cm³/mol. The van der Waals surface area contributed by atoms with Crippen molar-refractivity contribution < 1.29 is 4.79 Å². The fourth-order valence-electron chi connectivity index (χ4n) is 1.75. The first-order valence-electron chi connectivity index (χ1n) is 4.56. The molecule has 0 unspecified atom stereocenters. The number of aldehydes is 1. The third-order valence-electron chi connectivity index (χ3n) is 2.78. The molecular formula is C10H12N2O. The van der Waals surface area contributed by atoms with Gasteiger partial charge >= 0.3 is 0 Å². The molecule has 2 rings (SSSR count). The zero-order chi connectivity index (χ0) is 9.15. The lowest BCUT2D eigenvalue weighted by molar-refractivity contribution is -0.120. The van der Waals surface area contributed by atoms with Crippen LogP contribution in [0.3, 0.4) is 0 Å². The van der Waals surface area contributed by atoms with Crippen molar-refractivity contribution in [2.24, 2.45) is 5.41 Å². The van der Waals surface area contributed by atoms with E-state index >= 15 is 0 Å². The van der Waals surface area contributed by atoms with Gasteiger partial charge in [-0.25, -0.2) is 9.97 Å². The highest BCUT2D eigenvalue weighted by Crippen LogP contribution is 2.41. The Labute approximate surface area is 77.2 Å². The van der Waals surface area contributed by atoms with Crippen LogP contribution in [0.5, 0.6) is 0 Å². The van der Waals surface area contributed by atoms with Crippen molar-refractivity contribution in [3.8, 4) is 0 Å². The van der Waals surface area contributed by atoms with E-state index in [9.17, 15) is 4.79 Å². The Morgan fingerprint density at radius 1 is 1.54 bits per heavy atom. The maximum absolute atomic E-state index is 10.9. The first-order valence-corrected chi connectivity index (χ1v) is 4.56. The highest BCUT2D eigenvalue weighted by molar-refractivity contribution is 5.61. The quantitative estimate of drug-likeness (QED) is 0.653. The van der Waals surface area contributed by atoms with Crippen molar-refractivity contribution in [2.75, 3.05) is 0 Å². The van der Waals surface area contributed by atoms with Gasteiger partial charge in [0.2, 0.25) is 0 Å². The van der Waals surface area contributed by atoms with Crippen LogP contribution in [0.15, 0.2) is 18.6 Å². The van der Waals surface area contributed by atoms with Crippen LogP contribution in [0.25, 0.3) is 0 Å². The van der Waals surface area contributed by atoms with Crippen molar-refractivity contribution in [3.05, 3.63) is 24.3 Å². The Morgan fingerprint density at radius 3 is 2.85 bits per heavy atom. The summed E-state index contributed by atoms with van der Waals surface area (Å²) in [6.45, 7) is 0. The standard InChI is InChI=1S/C10H12N2O/c13-7-10(3-1-4-10)6-9-2-5-11-8-12-9/h2,5,7-8H,1,3-4,6H2. The summed E-state index contributed by atoms with van der Waals surface area (Å²) in [4.78, 5) is 18.8. The zero-order valence-corrected chi connectivity index (χ0v) is 7.44. The monoisotopic (exact) mass is 176 g/mol. The summed E-state index contributed by atoms with van der Waals surface area (Å²) in [5, 5.41) is 0. The largest absolute Gasteiger partial charge is 0.303 e. The van der Waals surface area contributed by atoms with Gasteiger partial charge in [-0.3, -0.25) is 0 Å². The highest BCUT2D eigenvalue weighted by Gasteiger charge is 2.36. The van der Waals surface area contributed by atoms with Crippen molar-refractivity contribution in [1.82, 2.24) is 9.97 Å². The number of aromatic nitrogens is 2. The third-order valence-corrected chi connectivity index (χ3v) is 2.78. The lowest BCUT2D eigenvalue weighted by Crippen LogP contribution is -2.33. The minimum Gasteiger partial charge on any atom is -0.303 e. The van der Waals surface area contributed by atoms with Gasteiger partial charge in [-0.05, 0) is 18.9 Å². The highest BCUT2D eigenvalue weighted by atomic mass is 16.1. The molecule has 68 valence electrons. The molecular weight excluding hydrogens is 164 g/mol. The fraction of sp³-hybridized carbons (Fsp3) is 0.500. The van der Waals surface area contributed by atoms with Crippen LogP contribution in [0.4, 0.5) is 0 Å². The molecule has 1 saturated carbocycles. The maximum atomic E-state index is 10.9. The lowest BCUT2D eigenvalue weighted by Gasteiger charge is -2.36. The average molecular weight is 176 g/mol. The molecule has 1 aromatic heterocycles. The second kappa shape index (κ2) is 3.24. The molecule has 0 aliphatic heterocycles. The van der Waals surface area contributed by atoms with E-state index in [0.717, 1.165) is 31.2 Å². The number of carbonyl (C=O) groups is 1. The summed E-state index contributed by atoms with van der Waals surface area (Å²) in [5.41, 5.74) is 0.871. The summed E-state index contributed by atoms with van der Waals surface area (Å²) < 4.78 is 0. The molecule has 1 aliphatic carbocycles. The Bertz CT molecular complexity index is 293. The maximum Gasteiger partial charge on any atom is 0.126 e. The van der Waals surface area contributed by atoms with Crippen LogP contribution >= 0.6 is 0 Å². The molecule has 0 spiro atoms. The molecule has 13 heavy (non-hydrogen) atoms. The molecule has 1 aromatic rings. The number of hydrogen-bond acceptors (Lipinski definition) is 3. The molecule has 1 heterocycles. The van der Waals surface area contributed by atoms with Gasteiger partial charge in [-0.15, -0.1) is 0 Å². The molecule has 0 amide bonds. The van der Waals surface area contributed by atoms with Crippen molar-refractivity contribution in [3.63, 3.8) is 0 Å². The van der Waals surface area contributed by atoms with E-state index in [1.54, 1.807) is 6.20 Å². The summed E-state index contributed by atoms with van der Waals surface area (Å²) >= 11 is 0. The SMILES string of the molecule is O=CC1(Cc2ccncn2)CCC1. The van der Waals surface area contributed by atoms with E-state index in [0.29, 0.717) is 0 Å². The summed E-state index contributed by atoms with van der Waals surface area (Å²) in [5.74, 6) is 0.